The highest BCUT2D eigenvalue weighted by Crippen LogP contribution is 1.97. The van der Waals surface area contributed by atoms with Gasteiger partial charge < -0.3 is 4.55 Å². The zero-order valence-corrected chi connectivity index (χ0v) is 9.62. The molecule has 6 nitrogen and oxygen atoms in total. The lowest BCUT2D eigenvalue weighted by molar-refractivity contribution is -0.670. The van der Waals surface area contributed by atoms with Crippen molar-refractivity contribution in [1.82, 2.24) is 4.98 Å². The summed E-state index contributed by atoms with van der Waals surface area (Å²) < 4.78 is 34.9. The summed E-state index contributed by atoms with van der Waals surface area (Å²) in [4.78, 5) is 3.20. The molecule has 0 aliphatic heterocycles. The number of H-pyrrole nitrogens is 1. The van der Waals surface area contributed by atoms with Crippen LogP contribution in [0.15, 0.2) is 12.5 Å². The van der Waals surface area contributed by atoms with Crippen molar-refractivity contribution >= 4 is 10.4 Å². The molecule has 0 unspecified atom stereocenters. The molecular weight excluding hydrogens is 220 g/mol. The van der Waals surface area contributed by atoms with Gasteiger partial charge in [0.1, 0.15) is 11.9 Å². The molecule has 1 aromatic heterocycles. The van der Waals surface area contributed by atoms with E-state index in [0.29, 0.717) is 0 Å². The number of nitrogens with zero attached hydrogens (tertiary/aromatic N) is 1. The molecule has 0 aromatic carbocycles. The van der Waals surface area contributed by atoms with Crippen LogP contribution in [-0.2, 0) is 23.9 Å². The standard InChI is InChI=1S/C8H14N2.H2O4S/c1-3-4-5-8-6-10(2)7-9-8;1-5(2,3)4/h6-7H,3-5H2,1-2H3;(H2,1,2,3,4). The Balaban J connectivity index is 0.000000336. The van der Waals surface area contributed by atoms with E-state index in [1.807, 2.05) is 17.9 Å². The summed E-state index contributed by atoms with van der Waals surface area (Å²) in [5.74, 6) is 0. The molecule has 15 heavy (non-hydrogen) atoms. The van der Waals surface area contributed by atoms with Crippen molar-refractivity contribution in [3.8, 4) is 0 Å². The molecular formula is C8H16N2O4S. The first-order valence-corrected chi connectivity index (χ1v) is 5.90. The highest BCUT2D eigenvalue weighted by atomic mass is 32.3. The summed E-state index contributed by atoms with van der Waals surface area (Å²) in [5.41, 5.74) is 1.34. The van der Waals surface area contributed by atoms with E-state index in [-0.39, 0.29) is 0 Å². The fourth-order valence-corrected chi connectivity index (χ4v) is 1.01. The lowest BCUT2D eigenvalue weighted by Crippen LogP contribution is -2.22. The molecule has 0 fully saturated rings. The summed E-state index contributed by atoms with van der Waals surface area (Å²) in [7, 11) is -2.88. The van der Waals surface area contributed by atoms with Crippen LogP contribution in [0.3, 0.4) is 0 Å². The molecule has 0 bridgehead atoms. The van der Waals surface area contributed by atoms with Crippen LogP contribution in [0.2, 0.25) is 0 Å². The number of hydrogen-bond donors (Lipinski definition) is 2. The highest BCUT2D eigenvalue weighted by molar-refractivity contribution is 7.79. The summed E-state index contributed by atoms with van der Waals surface area (Å²) in [6, 6.07) is 0. The molecule has 2 N–H and O–H groups in total. The number of hydrogen-bond acceptors (Lipinski definition) is 3. The molecule has 88 valence electrons. The monoisotopic (exact) mass is 236 g/mol. The van der Waals surface area contributed by atoms with E-state index in [0.717, 1.165) is 0 Å². The number of aromatic amines is 1. The maximum absolute atomic E-state index is 8.63. The molecule has 0 amide bonds. The molecule has 1 rings (SSSR count). The van der Waals surface area contributed by atoms with E-state index in [1.165, 1.54) is 25.0 Å². The zero-order valence-electron chi connectivity index (χ0n) is 8.80. The molecule has 0 aliphatic rings. The Morgan fingerprint density at radius 3 is 2.47 bits per heavy atom. The van der Waals surface area contributed by atoms with Crippen molar-refractivity contribution in [1.29, 1.82) is 0 Å². The van der Waals surface area contributed by atoms with Gasteiger partial charge in [0.15, 0.2) is 0 Å². The fraction of sp³-hybridized carbons (Fsp3) is 0.625. The molecule has 0 spiro atoms. The van der Waals surface area contributed by atoms with Gasteiger partial charge in [0, 0.05) is 6.42 Å². The van der Waals surface area contributed by atoms with Gasteiger partial charge in [-0.25, -0.2) is 18.0 Å². The molecule has 0 saturated carbocycles. The summed E-state index contributed by atoms with van der Waals surface area (Å²) in [6.45, 7) is 2.21. The van der Waals surface area contributed by atoms with Crippen LogP contribution in [0.4, 0.5) is 0 Å². The van der Waals surface area contributed by atoms with E-state index < -0.39 is 10.4 Å². The molecule has 0 atom stereocenters. The van der Waals surface area contributed by atoms with Gasteiger partial charge in [0.2, 0.25) is 16.7 Å². The van der Waals surface area contributed by atoms with Crippen LogP contribution in [0.5, 0.6) is 0 Å². The first-order valence-electron chi connectivity index (χ1n) is 4.53. The normalized spacial score (nSPS) is 10.7. The Morgan fingerprint density at radius 1 is 1.60 bits per heavy atom. The lowest BCUT2D eigenvalue weighted by atomic mass is 10.2. The van der Waals surface area contributed by atoms with Crippen molar-refractivity contribution < 1.29 is 22.1 Å². The van der Waals surface area contributed by atoms with Crippen LogP contribution >= 0.6 is 0 Å². The van der Waals surface area contributed by atoms with Gasteiger partial charge in [0.25, 0.3) is 0 Å². The van der Waals surface area contributed by atoms with Crippen molar-refractivity contribution in [2.24, 2.45) is 7.05 Å². The number of aryl methyl sites for hydroxylation is 2. The SMILES string of the molecule is CCCCc1c[n+](C)c[nH]1.O=S(=O)([O-])O. The third-order valence-electron chi connectivity index (χ3n) is 1.61. The van der Waals surface area contributed by atoms with E-state index in [9.17, 15) is 0 Å². The van der Waals surface area contributed by atoms with Gasteiger partial charge in [-0.05, 0) is 6.42 Å². The molecule has 1 heterocycles. The Hall–Kier alpha value is -0.920. The van der Waals surface area contributed by atoms with Crippen LogP contribution in [0.1, 0.15) is 25.5 Å². The zero-order chi connectivity index (χ0) is 11.9. The second kappa shape index (κ2) is 6.54. The minimum absolute atomic E-state index is 1.18. The summed E-state index contributed by atoms with van der Waals surface area (Å²) >= 11 is 0. The van der Waals surface area contributed by atoms with Gasteiger partial charge in [-0.15, -0.1) is 0 Å². The lowest BCUT2D eigenvalue weighted by Gasteiger charge is -1.88. The molecule has 0 saturated heterocycles. The van der Waals surface area contributed by atoms with Gasteiger partial charge in [-0.1, -0.05) is 13.3 Å². The first kappa shape index (κ1) is 14.1. The average Bonchev–Trinajstić information content (AvgIpc) is 2.45. The van der Waals surface area contributed by atoms with Crippen molar-refractivity contribution in [3.63, 3.8) is 0 Å². The number of rotatable bonds is 3. The average molecular weight is 236 g/mol. The van der Waals surface area contributed by atoms with Gasteiger partial charge in [-0.3, -0.25) is 4.55 Å². The predicted molar refractivity (Wildman–Crippen MR) is 52.9 cm³/mol. The van der Waals surface area contributed by atoms with Gasteiger partial charge in [-0.2, -0.15) is 0 Å². The fourth-order valence-electron chi connectivity index (χ4n) is 1.01. The van der Waals surface area contributed by atoms with Crippen LogP contribution in [0.25, 0.3) is 0 Å². The third kappa shape index (κ3) is 11.0. The summed E-state index contributed by atoms with van der Waals surface area (Å²) in [6.07, 6.45) is 7.83. The van der Waals surface area contributed by atoms with Crippen LogP contribution in [-0.4, -0.2) is 22.5 Å². The molecule has 0 aliphatic carbocycles. The number of nitrogens with one attached hydrogen (secondary N) is 1. The Bertz CT molecular complexity index is 364. The van der Waals surface area contributed by atoms with E-state index in [4.69, 9.17) is 17.5 Å². The van der Waals surface area contributed by atoms with Crippen LogP contribution in [0, 0.1) is 0 Å². The number of imidazole rings is 1. The topological polar surface area (TPSA) is 97.1 Å². The smallest absolute Gasteiger partial charge is 0.241 e. The highest BCUT2D eigenvalue weighted by Gasteiger charge is 1.99. The predicted octanol–water partition coefficient (Wildman–Crippen LogP) is 0.186. The molecule has 1 aromatic rings. The number of aromatic nitrogens is 2. The van der Waals surface area contributed by atoms with E-state index in [1.54, 1.807) is 0 Å². The van der Waals surface area contributed by atoms with E-state index in [2.05, 4.69) is 18.1 Å². The van der Waals surface area contributed by atoms with Crippen molar-refractivity contribution in [2.45, 2.75) is 26.2 Å². The Labute approximate surface area is 89.5 Å². The number of unbranched alkanes of at least 4 members (excludes halogenated alkanes) is 1. The van der Waals surface area contributed by atoms with Gasteiger partial charge >= 0.3 is 0 Å². The maximum Gasteiger partial charge on any atom is 0.241 e. The molecule has 0 radical (unpaired) electrons. The van der Waals surface area contributed by atoms with Gasteiger partial charge in [0.05, 0.1) is 7.05 Å². The van der Waals surface area contributed by atoms with Crippen molar-refractivity contribution in [2.75, 3.05) is 0 Å². The maximum atomic E-state index is 8.63. The molecule has 7 heteroatoms. The second-order valence-electron chi connectivity index (χ2n) is 3.12. The quantitative estimate of drug-likeness (QED) is 0.444. The Morgan fingerprint density at radius 2 is 2.13 bits per heavy atom. The van der Waals surface area contributed by atoms with Crippen molar-refractivity contribution in [3.05, 3.63) is 18.2 Å². The Kier molecular flexibility index (Phi) is 6.14. The largest absolute Gasteiger partial charge is 0.726 e. The minimum Gasteiger partial charge on any atom is -0.726 e. The van der Waals surface area contributed by atoms with Crippen LogP contribution < -0.4 is 4.57 Å². The minimum atomic E-state index is -4.92. The second-order valence-corrected chi connectivity index (χ2v) is 3.98. The first-order chi connectivity index (χ1) is 6.83. The third-order valence-corrected chi connectivity index (χ3v) is 1.61. The summed E-state index contributed by atoms with van der Waals surface area (Å²) in [5, 5.41) is 0. The van der Waals surface area contributed by atoms with E-state index >= 15 is 0 Å².